The Morgan fingerprint density at radius 1 is 1.33 bits per heavy atom. The second-order valence-electron chi connectivity index (χ2n) is 5.10. The molecule has 0 unspecified atom stereocenters. The van der Waals surface area contributed by atoms with Crippen molar-refractivity contribution in [2.24, 2.45) is 0 Å². The van der Waals surface area contributed by atoms with Crippen molar-refractivity contribution in [3.05, 3.63) is 22.1 Å². The minimum absolute atomic E-state index is 0.0764. The molecule has 0 amide bonds. The molecule has 0 aliphatic carbocycles. The lowest BCUT2D eigenvalue weighted by molar-refractivity contribution is 0.614. The molecular formula is C13H20N4O. The third-order valence-electron chi connectivity index (χ3n) is 3.13. The summed E-state index contributed by atoms with van der Waals surface area (Å²) < 4.78 is 2.06. The van der Waals surface area contributed by atoms with Gasteiger partial charge in [-0.1, -0.05) is 13.8 Å². The van der Waals surface area contributed by atoms with Crippen molar-refractivity contribution in [3.63, 3.8) is 0 Å². The van der Waals surface area contributed by atoms with Gasteiger partial charge in [0.2, 0.25) is 5.95 Å². The SMILES string of the molecule is CNc1nc2c(c(C(C)C)cn2C(C)C)c(=O)[nH]1. The van der Waals surface area contributed by atoms with Gasteiger partial charge in [0.05, 0.1) is 5.39 Å². The standard InChI is InChI=1S/C13H20N4O/c1-7(2)9-6-17(8(3)4)11-10(9)12(18)16-13(14-5)15-11/h6-8H,1-5H3,(H2,14,15,16,18). The first-order chi connectivity index (χ1) is 8.45. The topological polar surface area (TPSA) is 62.7 Å². The zero-order chi connectivity index (χ0) is 13.4. The van der Waals surface area contributed by atoms with Crippen molar-refractivity contribution in [3.8, 4) is 0 Å². The summed E-state index contributed by atoms with van der Waals surface area (Å²) in [5.74, 6) is 0.804. The molecular weight excluding hydrogens is 228 g/mol. The maximum atomic E-state index is 12.2. The summed E-state index contributed by atoms with van der Waals surface area (Å²) in [6.45, 7) is 8.35. The van der Waals surface area contributed by atoms with Crippen molar-refractivity contribution in [2.75, 3.05) is 12.4 Å². The van der Waals surface area contributed by atoms with E-state index in [2.05, 4.69) is 47.5 Å². The van der Waals surface area contributed by atoms with Gasteiger partial charge in [0.1, 0.15) is 5.65 Å². The molecule has 0 spiro atoms. The summed E-state index contributed by atoms with van der Waals surface area (Å²) in [6, 6.07) is 0.277. The predicted octanol–water partition coefficient (Wildman–Crippen LogP) is 2.47. The van der Waals surface area contributed by atoms with Gasteiger partial charge in [0.25, 0.3) is 5.56 Å². The number of hydrogen-bond acceptors (Lipinski definition) is 3. The number of aromatic nitrogens is 3. The first-order valence-electron chi connectivity index (χ1n) is 6.28. The normalized spacial score (nSPS) is 11.7. The minimum atomic E-state index is -0.0764. The van der Waals surface area contributed by atoms with Gasteiger partial charge in [-0.05, 0) is 25.3 Å². The van der Waals surface area contributed by atoms with Gasteiger partial charge in [-0.25, -0.2) is 0 Å². The Morgan fingerprint density at radius 2 is 2.00 bits per heavy atom. The van der Waals surface area contributed by atoms with E-state index in [4.69, 9.17) is 0 Å². The molecule has 2 aromatic rings. The fraction of sp³-hybridized carbons (Fsp3) is 0.538. The van der Waals surface area contributed by atoms with Gasteiger partial charge in [-0.3, -0.25) is 9.78 Å². The van der Waals surface area contributed by atoms with Crippen LogP contribution in [0, 0.1) is 0 Å². The Labute approximate surface area is 106 Å². The molecule has 2 N–H and O–H groups in total. The molecule has 0 saturated heterocycles. The van der Waals surface area contributed by atoms with Crippen LogP contribution in [-0.4, -0.2) is 21.6 Å². The molecule has 0 radical (unpaired) electrons. The molecule has 0 atom stereocenters. The van der Waals surface area contributed by atoms with Crippen LogP contribution in [0.5, 0.6) is 0 Å². The Kier molecular flexibility index (Phi) is 3.15. The summed E-state index contributed by atoms with van der Waals surface area (Å²) in [7, 11) is 1.75. The van der Waals surface area contributed by atoms with Crippen LogP contribution in [-0.2, 0) is 0 Å². The predicted molar refractivity (Wildman–Crippen MR) is 74.4 cm³/mol. The highest BCUT2D eigenvalue weighted by molar-refractivity contribution is 5.81. The van der Waals surface area contributed by atoms with Crippen molar-refractivity contribution < 1.29 is 0 Å². The van der Waals surface area contributed by atoms with Crippen LogP contribution < -0.4 is 10.9 Å². The van der Waals surface area contributed by atoms with E-state index in [0.29, 0.717) is 17.3 Å². The van der Waals surface area contributed by atoms with E-state index in [9.17, 15) is 4.79 Å². The molecule has 0 aromatic carbocycles. The molecule has 0 aliphatic heterocycles. The van der Waals surface area contributed by atoms with Gasteiger partial charge in [-0.2, -0.15) is 4.98 Å². The molecule has 0 bridgehead atoms. The zero-order valence-corrected chi connectivity index (χ0v) is 11.5. The summed E-state index contributed by atoms with van der Waals surface area (Å²) in [5, 5.41) is 3.59. The van der Waals surface area contributed by atoms with Crippen LogP contribution in [0.2, 0.25) is 0 Å². The van der Waals surface area contributed by atoms with E-state index < -0.39 is 0 Å². The number of nitrogens with zero attached hydrogens (tertiary/aromatic N) is 2. The first-order valence-corrected chi connectivity index (χ1v) is 6.28. The lowest BCUT2D eigenvalue weighted by Gasteiger charge is -2.08. The minimum Gasteiger partial charge on any atom is -0.359 e. The highest BCUT2D eigenvalue weighted by Crippen LogP contribution is 2.26. The average Bonchev–Trinajstić information content (AvgIpc) is 2.68. The Bertz CT molecular complexity index is 622. The van der Waals surface area contributed by atoms with E-state index in [1.165, 1.54) is 0 Å². The molecule has 0 fully saturated rings. The van der Waals surface area contributed by atoms with Crippen molar-refractivity contribution in [2.45, 2.75) is 39.7 Å². The summed E-state index contributed by atoms with van der Waals surface area (Å²) in [6.07, 6.45) is 2.04. The maximum Gasteiger partial charge on any atom is 0.262 e. The van der Waals surface area contributed by atoms with Crippen LogP contribution in [0.1, 0.15) is 45.2 Å². The first kappa shape index (κ1) is 12.7. The van der Waals surface area contributed by atoms with Crippen molar-refractivity contribution in [1.29, 1.82) is 0 Å². The molecule has 0 aliphatic rings. The maximum absolute atomic E-state index is 12.2. The molecule has 98 valence electrons. The number of rotatable bonds is 3. The highest BCUT2D eigenvalue weighted by atomic mass is 16.1. The lowest BCUT2D eigenvalue weighted by atomic mass is 10.0. The third kappa shape index (κ3) is 1.89. The Balaban J connectivity index is 2.87. The number of hydrogen-bond donors (Lipinski definition) is 2. The molecule has 2 rings (SSSR count). The zero-order valence-electron chi connectivity index (χ0n) is 11.5. The Morgan fingerprint density at radius 3 is 2.50 bits per heavy atom. The molecule has 2 aromatic heterocycles. The van der Waals surface area contributed by atoms with E-state index >= 15 is 0 Å². The lowest BCUT2D eigenvalue weighted by Crippen LogP contribution is -2.13. The van der Waals surface area contributed by atoms with Gasteiger partial charge in [0, 0.05) is 19.3 Å². The Hall–Kier alpha value is -1.78. The largest absolute Gasteiger partial charge is 0.359 e. The second-order valence-corrected chi connectivity index (χ2v) is 5.10. The number of anilines is 1. The average molecular weight is 248 g/mol. The van der Waals surface area contributed by atoms with Crippen LogP contribution >= 0.6 is 0 Å². The molecule has 5 nitrogen and oxygen atoms in total. The number of nitrogens with one attached hydrogen (secondary N) is 2. The number of fused-ring (bicyclic) bond motifs is 1. The van der Waals surface area contributed by atoms with Crippen LogP contribution in [0.15, 0.2) is 11.0 Å². The fourth-order valence-electron chi connectivity index (χ4n) is 2.13. The van der Waals surface area contributed by atoms with Gasteiger partial charge in [-0.15, -0.1) is 0 Å². The number of H-pyrrole nitrogens is 1. The third-order valence-corrected chi connectivity index (χ3v) is 3.13. The van der Waals surface area contributed by atoms with Crippen molar-refractivity contribution >= 4 is 17.0 Å². The van der Waals surface area contributed by atoms with Crippen LogP contribution in [0.3, 0.4) is 0 Å². The summed E-state index contributed by atoms with van der Waals surface area (Å²) >= 11 is 0. The molecule has 2 heterocycles. The van der Waals surface area contributed by atoms with E-state index in [1.54, 1.807) is 7.05 Å². The summed E-state index contributed by atoms with van der Waals surface area (Å²) in [5.41, 5.74) is 1.73. The quantitative estimate of drug-likeness (QED) is 0.877. The number of aromatic amines is 1. The molecule has 5 heteroatoms. The van der Waals surface area contributed by atoms with Crippen LogP contribution in [0.25, 0.3) is 11.0 Å². The van der Waals surface area contributed by atoms with E-state index in [1.807, 2.05) is 6.20 Å². The van der Waals surface area contributed by atoms with E-state index in [-0.39, 0.29) is 11.6 Å². The van der Waals surface area contributed by atoms with Gasteiger partial charge < -0.3 is 9.88 Å². The molecule has 0 saturated carbocycles. The second kappa shape index (κ2) is 4.48. The van der Waals surface area contributed by atoms with Crippen molar-refractivity contribution in [1.82, 2.24) is 14.5 Å². The van der Waals surface area contributed by atoms with Crippen LogP contribution in [0.4, 0.5) is 5.95 Å². The smallest absolute Gasteiger partial charge is 0.262 e. The molecule has 18 heavy (non-hydrogen) atoms. The highest BCUT2D eigenvalue weighted by Gasteiger charge is 2.17. The monoisotopic (exact) mass is 248 g/mol. The summed E-state index contributed by atoms with van der Waals surface area (Å²) in [4.78, 5) is 19.4. The van der Waals surface area contributed by atoms with E-state index in [0.717, 1.165) is 11.2 Å². The van der Waals surface area contributed by atoms with Gasteiger partial charge in [0.15, 0.2) is 0 Å². The fourth-order valence-corrected chi connectivity index (χ4v) is 2.13. The van der Waals surface area contributed by atoms with Gasteiger partial charge >= 0.3 is 0 Å².